The van der Waals surface area contributed by atoms with Crippen molar-refractivity contribution in [3.8, 4) is 0 Å². The summed E-state index contributed by atoms with van der Waals surface area (Å²) in [6.07, 6.45) is 0.590. The van der Waals surface area contributed by atoms with E-state index in [4.69, 9.17) is 9.47 Å². The quantitative estimate of drug-likeness (QED) is 0.796. The predicted molar refractivity (Wildman–Crippen MR) is 86.8 cm³/mol. The van der Waals surface area contributed by atoms with Gasteiger partial charge in [-0.25, -0.2) is 0 Å². The zero-order chi connectivity index (χ0) is 16.4. The van der Waals surface area contributed by atoms with Gasteiger partial charge in [-0.2, -0.15) is 0 Å². The fraction of sp³-hybridized carbons (Fsp3) is 0.941. The Morgan fingerprint density at radius 2 is 1.27 bits per heavy atom. The monoisotopic (exact) mass is 312 g/mol. The van der Waals surface area contributed by atoms with Crippen LogP contribution in [-0.2, 0) is 14.3 Å². The van der Waals surface area contributed by atoms with E-state index in [1.165, 1.54) is 0 Å². The molecule has 22 heavy (non-hydrogen) atoms. The minimum absolute atomic E-state index is 0.0636. The molecule has 0 aromatic rings. The van der Waals surface area contributed by atoms with Gasteiger partial charge in [0.25, 0.3) is 0 Å². The lowest BCUT2D eigenvalue weighted by Gasteiger charge is -2.44. The average Bonchev–Trinajstić information content (AvgIpc) is 2.35. The van der Waals surface area contributed by atoms with Gasteiger partial charge in [0.2, 0.25) is 5.91 Å². The summed E-state index contributed by atoms with van der Waals surface area (Å²) in [5.74, 6) is 0.539. The summed E-state index contributed by atoms with van der Waals surface area (Å²) in [6, 6.07) is -0.0636. The Morgan fingerprint density at radius 3 is 1.68 bits per heavy atom. The van der Waals surface area contributed by atoms with Gasteiger partial charge >= 0.3 is 0 Å². The molecule has 0 aromatic heterocycles. The van der Waals surface area contributed by atoms with Crippen LogP contribution in [0.1, 0.15) is 41.5 Å². The van der Waals surface area contributed by atoms with E-state index in [2.05, 4.69) is 32.6 Å². The van der Waals surface area contributed by atoms with E-state index in [0.717, 1.165) is 13.1 Å². The third-order valence-corrected chi connectivity index (χ3v) is 4.46. The van der Waals surface area contributed by atoms with E-state index in [1.54, 1.807) is 0 Å². The van der Waals surface area contributed by atoms with Crippen molar-refractivity contribution in [2.24, 2.45) is 5.92 Å². The van der Waals surface area contributed by atoms with E-state index < -0.39 is 0 Å². The highest BCUT2D eigenvalue weighted by atomic mass is 16.5. The maximum absolute atomic E-state index is 13.1. The van der Waals surface area contributed by atoms with E-state index in [0.29, 0.717) is 19.0 Å². The van der Waals surface area contributed by atoms with Crippen LogP contribution in [0, 0.1) is 5.92 Å². The van der Waals surface area contributed by atoms with Crippen molar-refractivity contribution >= 4 is 5.91 Å². The van der Waals surface area contributed by atoms with Crippen molar-refractivity contribution in [1.82, 2.24) is 9.80 Å². The Hall–Kier alpha value is -0.650. The number of amides is 1. The number of carbonyl (C=O) groups is 1. The van der Waals surface area contributed by atoms with Gasteiger partial charge in [0.1, 0.15) is 0 Å². The second kappa shape index (κ2) is 7.28. The molecule has 2 rings (SSSR count). The molecule has 0 bridgehead atoms. The number of hydrogen-bond acceptors (Lipinski definition) is 4. The summed E-state index contributed by atoms with van der Waals surface area (Å²) in [5, 5.41) is 0. The molecule has 5 heteroatoms. The summed E-state index contributed by atoms with van der Waals surface area (Å²) in [6.45, 7) is 15.6. The normalized spacial score (nSPS) is 35.7. The van der Waals surface area contributed by atoms with Crippen LogP contribution in [0.2, 0.25) is 0 Å². The standard InChI is InChI=1S/C17H32N2O3/c1-11(2)16(18-7-12(3)21-13(4)8-18)17(20)19-9-14(5)22-15(6)10-19/h11-16H,7-10H2,1-6H3. The number of morpholine rings is 2. The molecule has 2 heterocycles. The van der Waals surface area contributed by atoms with Gasteiger partial charge in [0.15, 0.2) is 0 Å². The lowest BCUT2D eigenvalue weighted by atomic mass is 9.98. The Morgan fingerprint density at radius 1 is 0.864 bits per heavy atom. The van der Waals surface area contributed by atoms with Gasteiger partial charge < -0.3 is 14.4 Å². The molecule has 2 fully saturated rings. The van der Waals surface area contributed by atoms with Crippen LogP contribution in [0.5, 0.6) is 0 Å². The predicted octanol–water partition coefficient (Wildman–Crippen LogP) is 1.76. The molecular weight excluding hydrogens is 280 g/mol. The van der Waals surface area contributed by atoms with Crippen LogP contribution in [0.4, 0.5) is 0 Å². The molecule has 0 spiro atoms. The van der Waals surface area contributed by atoms with Crippen molar-refractivity contribution < 1.29 is 14.3 Å². The third-order valence-electron chi connectivity index (χ3n) is 4.46. The van der Waals surface area contributed by atoms with E-state index in [9.17, 15) is 4.79 Å². The minimum atomic E-state index is -0.0636. The Kier molecular flexibility index (Phi) is 5.86. The van der Waals surface area contributed by atoms with Gasteiger partial charge in [-0.1, -0.05) is 13.8 Å². The van der Waals surface area contributed by atoms with Crippen LogP contribution >= 0.6 is 0 Å². The van der Waals surface area contributed by atoms with Crippen LogP contribution in [0.15, 0.2) is 0 Å². The van der Waals surface area contributed by atoms with E-state index in [1.807, 2.05) is 18.7 Å². The molecule has 0 N–H and O–H groups in total. The Labute approximate surface area is 134 Å². The van der Waals surface area contributed by atoms with Crippen molar-refractivity contribution in [1.29, 1.82) is 0 Å². The number of nitrogens with zero attached hydrogens (tertiary/aromatic N) is 2. The molecule has 5 nitrogen and oxygen atoms in total. The smallest absolute Gasteiger partial charge is 0.240 e. The summed E-state index contributed by atoms with van der Waals surface area (Å²) in [4.78, 5) is 17.4. The van der Waals surface area contributed by atoms with Gasteiger partial charge in [-0.3, -0.25) is 9.69 Å². The molecule has 0 aromatic carbocycles. The lowest BCUT2D eigenvalue weighted by Crippen LogP contribution is -2.60. The lowest BCUT2D eigenvalue weighted by molar-refractivity contribution is -0.156. The zero-order valence-electron chi connectivity index (χ0n) is 14.9. The minimum Gasteiger partial charge on any atom is -0.373 e. The number of ether oxygens (including phenoxy) is 2. The van der Waals surface area contributed by atoms with Crippen molar-refractivity contribution in [3.63, 3.8) is 0 Å². The molecule has 0 aliphatic carbocycles. The maximum Gasteiger partial charge on any atom is 0.240 e. The Bertz CT molecular complexity index is 368. The summed E-state index contributed by atoms with van der Waals surface area (Å²) < 4.78 is 11.6. The third kappa shape index (κ3) is 4.21. The SMILES string of the molecule is CC1CN(C(=O)C(C(C)C)N2CC(C)OC(C)C2)CC(C)O1. The number of hydrogen-bond donors (Lipinski definition) is 0. The van der Waals surface area contributed by atoms with Gasteiger partial charge in [-0.15, -0.1) is 0 Å². The fourth-order valence-corrected chi connectivity index (χ4v) is 3.85. The molecule has 5 unspecified atom stereocenters. The van der Waals surface area contributed by atoms with E-state index >= 15 is 0 Å². The molecule has 1 amide bonds. The van der Waals surface area contributed by atoms with Crippen molar-refractivity contribution in [3.05, 3.63) is 0 Å². The van der Waals surface area contributed by atoms with Gasteiger partial charge in [-0.05, 0) is 33.6 Å². The molecule has 128 valence electrons. The van der Waals surface area contributed by atoms with Crippen molar-refractivity contribution in [2.75, 3.05) is 26.2 Å². The van der Waals surface area contributed by atoms with Gasteiger partial charge in [0, 0.05) is 26.2 Å². The first kappa shape index (κ1) is 17.7. The maximum atomic E-state index is 13.1. The summed E-state index contributed by atoms with van der Waals surface area (Å²) in [5.41, 5.74) is 0. The second-order valence-corrected chi connectivity index (χ2v) is 7.40. The first-order valence-electron chi connectivity index (χ1n) is 8.61. The number of rotatable bonds is 3. The van der Waals surface area contributed by atoms with Crippen LogP contribution in [0.25, 0.3) is 0 Å². The molecule has 2 saturated heterocycles. The molecule has 0 saturated carbocycles. The zero-order valence-corrected chi connectivity index (χ0v) is 14.9. The Balaban J connectivity index is 2.11. The van der Waals surface area contributed by atoms with Crippen LogP contribution < -0.4 is 0 Å². The highest BCUT2D eigenvalue weighted by molar-refractivity contribution is 5.82. The van der Waals surface area contributed by atoms with Gasteiger partial charge in [0.05, 0.1) is 30.5 Å². The molecule has 2 aliphatic heterocycles. The molecule has 0 radical (unpaired) electrons. The first-order chi connectivity index (χ1) is 10.3. The summed E-state index contributed by atoms with van der Waals surface area (Å²) in [7, 11) is 0. The summed E-state index contributed by atoms with van der Waals surface area (Å²) >= 11 is 0. The largest absolute Gasteiger partial charge is 0.373 e. The highest BCUT2D eigenvalue weighted by Gasteiger charge is 2.38. The second-order valence-electron chi connectivity index (χ2n) is 7.40. The number of carbonyl (C=O) groups excluding carboxylic acids is 1. The topological polar surface area (TPSA) is 42.0 Å². The first-order valence-corrected chi connectivity index (χ1v) is 8.61. The molecule has 5 atom stereocenters. The average molecular weight is 312 g/mol. The van der Waals surface area contributed by atoms with Crippen LogP contribution in [0.3, 0.4) is 0 Å². The fourth-order valence-electron chi connectivity index (χ4n) is 3.85. The highest BCUT2D eigenvalue weighted by Crippen LogP contribution is 2.22. The molecular formula is C17H32N2O3. The molecule has 2 aliphatic rings. The van der Waals surface area contributed by atoms with Crippen LogP contribution in [-0.4, -0.2) is 72.3 Å². The van der Waals surface area contributed by atoms with Crippen molar-refractivity contribution in [2.45, 2.75) is 72.0 Å². The van der Waals surface area contributed by atoms with E-state index in [-0.39, 0.29) is 36.4 Å².